The van der Waals surface area contributed by atoms with E-state index in [-0.39, 0.29) is 5.75 Å². The Kier molecular flexibility index (Phi) is 4.41. The molecule has 0 radical (unpaired) electrons. The van der Waals surface area contributed by atoms with Gasteiger partial charge in [-0.3, -0.25) is 0 Å². The van der Waals surface area contributed by atoms with Gasteiger partial charge in [-0.15, -0.1) is 0 Å². The van der Waals surface area contributed by atoms with Gasteiger partial charge in [0.25, 0.3) is 0 Å². The van der Waals surface area contributed by atoms with E-state index in [4.69, 9.17) is 10.7 Å². The van der Waals surface area contributed by atoms with Crippen LogP contribution in [0.15, 0.2) is 12.2 Å². The van der Waals surface area contributed by atoms with Crippen molar-refractivity contribution >= 4 is 19.7 Å². The molecule has 0 aromatic rings. The van der Waals surface area contributed by atoms with Gasteiger partial charge in [0.1, 0.15) is 0 Å². The van der Waals surface area contributed by atoms with E-state index in [9.17, 15) is 8.42 Å². The fourth-order valence-electron chi connectivity index (χ4n) is 1.71. The molecule has 1 rings (SSSR count). The SMILES string of the molecule is CN1CCCC1C/C=C\CS(=O)(=O)Cl. The molecular weight excluding hydrogens is 222 g/mol. The van der Waals surface area contributed by atoms with Crippen molar-refractivity contribution in [3.05, 3.63) is 12.2 Å². The lowest BCUT2D eigenvalue weighted by Gasteiger charge is -2.16. The van der Waals surface area contributed by atoms with Gasteiger partial charge in [-0.2, -0.15) is 0 Å². The zero-order chi connectivity index (χ0) is 10.6. The Morgan fingerprint density at radius 1 is 1.50 bits per heavy atom. The molecule has 0 aromatic carbocycles. The minimum absolute atomic E-state index is 0.0645. The molecule has 0 aliphatic carbocycles. The average Bonchev–Trinajstić information content (AvgIpc) is 2.44. The minimum atomic E-state index is -3.36. The second-order valence-electron chi connectivity index (χ2n) is 3.69. The van der Waals surface area contributed by atoms with Crippen LogP contribution >= 0.6 is 10.7 Å². The first-order chi connectivity index (χ1) is 6.49. The largest absolute Gasteiger partial charge is 0.303 e. The summed E-state index contributed by atoms with van der Waals surface area (Å²) in [5, 5.41) is 0. The second-order valence-corrected chi connectivity index (χ2v) is 6.51. The van der Waals surface area contributed by atoms with Crippen molar-refractivity contribution < 1.29 is 8.42 Å². The van der Waals surface area contributed by atoms with Crippen LogP contribution in [0, 0.1) is 0 Å². The summed E-state index contributed by atoms with van der Waals surface area (Å²) in [6.45, 7) is 1.15. The highest BCUT2D eigenvalue weighted by Crippen LogP contribution is 2.17. The number of hydrogen-bond donors (Lipinski definition) is 0. The van der Waals surface area contributed by atoms with Gasteiger partial charge in [-0.25, -0.2) is 8.42 Å². The molecule has 14 heavy (non-hydrogen) atoms. The van der Waals surface area contributed by atoms with Gasteiger partial charge in [0.15, 0.2) is 0 Å². The highest BCUT2D eigenvalue weighted by atomic mass is 35.7. The number of likely N-dealkylation sites (tertiary alicyclic amines) is 1. The molecule has 3 nitrogen and oxygen atoms in total. The molecule has 82 valence electrons. The lowest BCUT2D eigenvalue weighted by atomic mass is 10.1. The fraction of sp³-hybridized carbons (Fsp3) is 0.778. The first-order valence-electron chi connectivity index (χ1n) is 4.76. The first kappa shape index (κ1) is 12.0. The van der Waals surface area contributed by atoms with E-state index in [1.807, 2.05) is 6.08 Å². The first-order valence-corrected chi connectivity index (χ1v) is 7.24. The van der Waals surface area contributed by atoms with Gasteiger partial charge in [0, 0.05) is 16.7 Å². The summed E-state index contributed by atoms with van der Waals surface area (Å²) < 4.78 is 21.2. The highest BCUT2D eigenvalue weighted by Gasteiger charge is 2.18. The summed E-state index contributed by atoms with van der Waals surface area (Å²) >= 11 is 0. The van der Waals surface area contributed by atoms with Crippen molar-refractivity contribution in [1.29, 1.82) is 0 Å². The molecule has 0 saturated carbocycles. The monoisotopic (exact) mass is 237 g/mol. The Bertz CT molecular complexity index is 300. The summed E-state index contributed by atoms with van der Waals surface area (Å²) in [5.41, 5.74) is 0. The van der Waals surface area contributed by atoms with Crippen LogP contribution in [0.2, 0.25) is 0 Å². The smallest absolute Gasteiger partial charge is 0.236 e. The predicted molar refractivity (Wildman–Crippen MR) is 59.0 cm³/mol. The van der Waals surface area contributed by atoms with E-state index in [1.165, 1.54) is 12.8 Å². The Labute approximate surface area is 90.2 Å². The van der Waals surface area contributed by atoms with Crippen molar-refractivity contribution in [2.75, 3.05) is 19.3 Å². The highest BCUT2D eigenvalue weighted by molar-refractivity contribution is 8.13. The Balaban J connectivity index is 2.26. The Morgan fingerprint density at radius 2 is 2.21 bits per heavy atom. The minimum Gasteiger partial charge on any atom is -0.303 e. The zero-order valence-corrected chi connectivity index (χ0v) is 9.89. The topological polar surface area (TPSA) is 37.4 Å². The molecular formula is C9H16ClNO2S. The molecule has 1 heterocycles. The van der Waals surface area contributed by atoms with Crippen LogP contribution in [-0.2, 0) is 9.05 Å². The third-order valence-electron chi connectivity index (χ3n) is 2.54. The van der Waals surface area contributed by atoms with Crippen LogP contribution in [0.5, 0.6) is 0 Å². The molecule has 1 aliphatic heterocycles. The van der Waals surface area contributed by atoms with Crippen LogP contribution in [0.25, 0.3) is 0 Å². The molecule has 1 atom stereocenters. The molecule has 1 aliphatic rings. The van der Waals surface area contributed by atoms with E-state index in [0.717, 1.165) is 13.0 Å². The van der Waals surface area contributed by atoms with Crippen LogP contribution < -0.4 is 0 Å². The van der Waals surface area contributed by atoms with E-state index < -0.39 is 9.05 Å². The van der Waals surface area contributed by atoms with Gasteiger partial charge in [0.2, 0.25) is 9.05 Å². The molecule has 0 spiro atoms. The van der Waals surface area contributed by atoms with E-state index >= 15 is 0 Å². The Hall–Kier alpha value is -0.0600. The third-order valence-corrected chi connectivity index (χ3v) is 3.51. The molecule has 1 unspecified atom stereocenters. The van der Waals surface area contributed by atoms with Gasteiger partial charge >= 0.3 is 0 Å². The molecule has 0 amide bonds. The standard InChI is InChI=1S/C9H16ClNO2S/c1-11-7-4-6-9(11)5-2-3-8-14(10,12)13/h2-3,9H,4-8H2,1H3/b3-2-. The molecule has 0 N–H and O–H groups in total. The quantitative estimate of drug-likeness (QED) is 0.551. The maximum Gasteiger partial charge on any atom is 0.236 e. The molecule has 1 saturated heterocycles. The number of nitrogens with zero attached hydrogens (tertiary/aromatic N) is 1. The molecule has 1 fully saturated rings. The molecule has 0 bridgehead atoms. The maximum atomic E-state index is 10.6. The van der Waals surface area contributed by atoms with Crippen LogP contribution in [0.1, 0.15) is 19.3 Å². The van der Waals surface area contributed by atoms with Crippen molar-refractivity contribution in [3.63, 3.8) is 0 Å². The van der Waals surface area contributed by atoms with E-state index in [2.05, 4.69) is 11.9 Å². The Morgan fingerprint density at radius 3 is 2.71 bits per heavy atom. The summed E-state index contributed by atoms with van der Waals surface area (Å²) in [5.74, 6) is -0.0645. The molecule has 5 heteroatoms. The second kappa shape index (κ2) is 5.14. The zero-order valence-electron chi connectivity index (χ0n) is 8.32. The van der Waals surface area contributed by atoms with Crippen molar-refractivity contribution in [1.82, 2.24) is 4.90 Å². The fourth-order valence-corrected chi connectivity index (χ4v) is 2.30. The summed E-state index contributed by atoms with van der Waals surface area (Å²) in [6.07, 6.45) is 6.90. The van der Waals surface area contributed by atoms with Gasteiger partial charge in [-0.05, 0) is 32.9 Å². The number of halogens is 1. The van der Waals surface area contributed by atoms with Crippen molar-refractivity contribution in [2.24, 2.45) is 0 Å². The summed E-state index contributed by atoms with van der Waals surface area (Å²) in [4.78, 5) is 2.31. The normalized spacial score (nSPS) is 24.9. The number of rotatable bonds is 4. The predicted octanol–water partition coefficient (Wildman–Crippen LogP) is 1.60. The van der Waals surface area contributed by atoms with Crippen LogP contribution in [0.3, 0.4) is 0 Å². The van der Waals surface area contributed by atoms with Gasteiger partial charge < -0.3 is 4.90 Å². The third kappa shape index (κ3) is 4.44. The summed E-state index contributed by atoms with van der Waals surface area (Å²) in [7, 11) is 3.81. The lowest BCUT2D eigenvalue weighted by molar-refractivity contribution is 0.313. The summed E-state index contributed by atoms with van der Waals surface area (Å²) in [6, 6.07) is 0.573. The van der Waals surface area contributed by atoms with Gasteiger partial charge in [0.05, 0.1) is 5.75 Å². The van der Waals surface area contributed by atoms with Gasteiger partial charge in [-0.1, -0.05) is 12.2 Å². The molecule has 0 aromatic heterocycles. The van der Waals surface area contributed by atoms with Crippen molar-refractivity contribution in [2.45, 2.75) is 25.3 Å². The maximum absolute atomic E-state index is 10.6. The van der Waals surface area contributed by atoms with E-state index in [0.29, 0.717) is 6.04 Å². The average molecular weight is 238 g/mol. The number of hydrogen-bond acceptors (Lipinski definition) is 3. The van der Waals surface area contributed by atoms with Crippen molar-refractivity contribution in [3.8, 4) is 0 Å². The van der Waals surface area contributed by atoms with E-state index in [1.54, 1.807) is 6.08 Å². The lowest BCUT2D eigenvalue weighted by Crippen LogP contribution is -2.23. The van der Waals surface area contributed by atoms with Crippen LogP contribution in [-0.4, -0.2) is 38.7 Å². The van der Waals surface area contributed by atoms with Crippen LogP contribution in [0.4, 0.5) is 0 Å².